The van der Waals surface area contributed by atoms with Gasteiger partial charge < -0.3 is 15.2 Å². The fraction of sp³-hybridized carbons (Fsp3) is 0.429. The average Bonchev–Trinajstić information content (AvgIpc) is 3.18. The highest BCUT2D eigenvalue weighted by Crippen LogP contribution is 2.31. The molecule has 0 radical (unpaired) electrons. The highest BCUT2D eigenvalue weighted by atomic mass is 16.2. The molecule has 0 bridgehead atoms. The minimum Gasteiger partial charge on any atom is -0.353 e. The third-order valence-corrected chi connectivity index (χ3v) is 5.39. The lowest BCUT2D eigenvalue weighted by atomic mass is 10.1. The van der Waals surface area contributed by atoms with Gasteiger partial charge in [-0.1, -0.05) is 12.1 Å². The van der Waals surface area contributed by atoms with Crippen molar-refractivity contribution in [1.82, 2.24) is 14.8 Å². The summed E-state index contributed by atoms with van der Waals surface area (Å²) in [6.45, 7) is 1.24. The first-order chi connectivity index (χ1) is 13.1. The van der Waals surface area contributed by atoms with Crippen molar-refractivity contribution >= 4 is 17.5 Å². The topological polar surface area (TPSA) is 66.4 Å². The van der Waals surface area contributed by atoms with Crippen LogP contribution in [0, 0.1) is 0 Å². The highest BCUT2D eigenvalue weighted by Gasteiger charge is 2.29. The molecule has 2 heterocycles. The number of carbonyl (C=O) groups excluding carboxylic acids is 2. The fourth-order valence-corrected chi connectivity index (χ4v) is 3.83. The van der Waals surface area contributed by atoms with Gasteiger partial charge in [0.1, 0.15) is 0 Å². The standard InChI is InChI=1S/C21H26N4O2/c1-24-12-4-8-18(24)19-9-5-13-25(19)14-20(26)23-17-7-3-2-6-16(17)21(27)22-15-10-11-15/h2-4,6-8,12,15,19H,5,9-11,13-14H2,1H3,(H,22,27)(H,23,26). The third-order valence-electron chi connectivity index (χ3n) is 5.39. The summed E-state index contributed by atoms with van der Waals surface area (Å²) >= 11 is 0. The molecule has 1 saturated heterocycles. The van der Waals surface area contributed by atoms with E-state index in [2.05, 4.69) is 26.2 Å². The number of carbonyl (C=O) groups is 2. The number of hydrogen-bond donors (Lipinski definition) is 2. The predicted molar refractivity (Wildman–Crippen MR) is 105 cm³/mol. The minimum absolute atomic E-state index is 0.0808. The lowest BCUT2D eigenvalue weighted by Gasteiger charge is -2.24. The van der Waals surface area contributed by atoms with E-state index in [0.717, 1.165) is 32.2 Å². The van der Waals surface area contributed by atoms with Crippen molar-refractivity contribution in [1.29, 1.82) is 0 Å². The van der Waals surface area contributed by atoms with E-state index in [4.69, 9.17) is 0 Å². The second-order valence-corrected chi connectivity index (χ2v) is 7.51. The van der Waals surface area contributed by atoms with E-state index in [1.54, 1.807) is 12.1 Å². The summed E-state index contributed by atoms with van der Waals surface area (Å²) in [5.74, 6) is -0.195. The molecule has 2 aromatic rings. The van der Waals surface area contributed by atoms with Crippen LogP contribution in [0.25, 0.3) is 0 Å². The maximum atomic E-state index is 12.7. The van der Waals surface area contributed by atoms with E-state index in [1.807, 2.05) is 31.4 Å². The number of likely N-dealkylation sites (tertiary alicyclic amines) is 1. The normalized spacial score (nSPS) is 19.8. The summed E-state index contributed by atoms with van der Waals surface area (Å²) in [5, 5.41) is 5.93. The van der Waals surface area contributed by atoms with Crippen LogP contribution in [0.5, 0.6) is 0 Å². The van der Waals surface area contributed by atoms with Gasteiger partial charge in [-0.15, -0.1) is 0 Å². The maximum absolute atomic E-state index is 12.7. The van der Waals surface area contributed by atoms with Crippen LogP contribution in [0.3, 0.4) is 0 Å². The second kappa shape index (κ2) is 7.56. The first-order valence-corrected chi connectivity index (χ1v) is 9.67. The summed E-state index contributed by atoms with van der Waals surface area (Å²) in [6, 6.07) is 11.9. The molecule has 2 N–H and O–H groups in total. The molecule has 0 spiro atoms. The number of rotatable bonds is 6. The number of amides is 2. The average molecular weight is 366 g/mol. The Morgan fingerprint density at radius 1 is 1.11 bits per heavy atom. The van der Waals surface area contributed by atoms with Crippen LogP contribution in [-0.4, -0.2) is 40.4 Å². The maximum Gasteiger partial charge on any atom is 0.253 e. The zero-order chi connectivity index (χ0) is 18.8. The molecule has 2 aliphatic rings. The van der Waals surface area contributed by atoms with E-state index in [-0.39, 0.29) is 23.9 Å². The Morgan fingerprint density at radius 3 is 2.67 bits per heavy atom. The Kier molecular flexibility index (Phi) is 4.99. The molecule has 6 nitrogen and oxygen atoms in total. The lowest BCUT2D eigenvalue weighted by Crippen LogP contribution is -2.34. The Morgan fingerprint density at radius 2 is 1.93 bits per heavy atom. The van der Waals surface area contributed by atoms with E-state index in [1.165, 1.54) is 5.69 Å². The van der Waals surface area contributed by atoms with Gasteiger partial charge in [-0.2, -0.15) is 0 Å². The van der Waals surface area contributed by atoms with Crippen LogP contribution < -0.4 is 10.6 Å². The number of aromatic nitrogens is 1. The SMILES string of the molecule is Cn1cccc1C1CCCN1CC(=O)Nc1ccccc1C(=O)NC1CC1. The smallest absolute Gasteiger partial charge is 0.253 e. The zero-order valence-corrected chi connectivity index (χ0v) is 15.6. The molecule has 1 aliphatic carbocycles. The molecule has 1 atom stereocenters. The second-order valence-electron chi connectivity index (χ2n) is 7.51. The number of anilines is 1. The monoisotopic (exact) mass is 366 g/mol. The lowest BCUT2D eigenvalue weighted by molar-refractivity contribution is -0.117. The van der Waals surface area contributed by atoms with Gasteiger partial charge in [0.15, 0.2) is 0 Å². The summed E-state index contributed by atoms with van der Waals surface area (Å²) in [7, 11) is 2.04. The summed E-state index contributed by atoms with van der Waals surface area (Å²) < 4.78 is 2.12. The minimum atomic E-state index is -0.115. The molecule has 1 aromatic heterocycles. The molecule has 1 saturated carbocycles. The molecule has 1 unspecified atom stereocenters. The van der Waals surface area contributed by atoms with Crippen LogP contribution in [0.2, 0.25) is 0 Å². The molecule has 2 fully saturated rings. The van der Waals surface area contributed by atoms with Gasteiger partial charge in [0.2, 0.25) is 5.91 Å². The largest absolute Gasteiger partial charge is 0.353 e. The van der Waals surface area contributed by atoms with Crippen molar-refractivity contribution in [3.63, 3.8) is 0 Å². The number of para-hydroxylation sites is 1. The first-order valence-electron chi connectivity index (χ1n) is 9.67. The van der Waals surface area contributed by atoms with E-state index in [9.17, 15) is 9.59 Å². The summed E-state index contributed by atoms with van der Waals surface area (Å²) in [5.41, 5.74) is 2.35. The van der Waals surface area contributed by atoms with Crippen LogP contribution in [0.15, 0.2) is 42.6 Å². The van der Waals surface area contributed by atoms with E-state index < -0.39 is 0 Å². The molecule has 1 aliphatic heterocycles. The number of nitrogens with zero attached hydrogens (tertiary/aromatic N) is 2. The van der Waals surface area contributed by atoms with Crippen molar-refractivity contribution in [2.24, 2.45) is 7.05 Å². The predicted octanol–water partition coefficient (Wildman–Crippen LogP) is 2.69. The van der Waals surface area contributed by atoms with Crippen molar-refractivity contribution in [3.8, 4) is 0 Å². The van der Waals surface area contributed by atoms with Crippen LogP contribution in [0.4, 0.5) is 5.69 Å². The number of benzene rings is 1. The van der Waals surface area contributed by atoms with Gasteiger partial charge in [0.25, 0.3) is 5.91 Å². The number of hydrogen-bond acceptors (Lipinski definition) is 3. The Labute approximate surface area is 159 Å². The van der Waals surface area contributed by atoms with Crippen molar-refractivity contribution in [2.75, 3.05) is 18.4 Å². The molecule has 142 valence electrons. The Bertz CT molecular complexity index is 840. The summed E-state index contributed by atoms with van der Waals surface area (Å²) in [4.78, 5) is 27.3. The van der Waals surface area contributed by atoms with Gasteiger partial charge >= 0.3 is 0 Å². The zero-order valence-electron chi connectivity index (χ0n) is 15.6. The quantitative estimate of drug-likeness (QED) is 0.826. The molecule has 2 amide bonds. The Balaban J connectivity index is 1.42. The molecule has 1 aromatic carbocycles. The van der Waals surface area contributed by atoms with Crippen molar-refractivity contribution in [2.45, 2.75) is 37.8 Å². The van der Waals surface area contributed by atoms with Gasteiger partial charge in [-0.3, -0.25) is 14.5 Å². The van der Waals surface area contributed by atoms with E-state index in [0.29, 0.717) is 17.8 Å². The molecular weight excluding hydrogens is 340 g/mol. The molecular formula is C21H26N4O2. The van der Waals surface area contributed by atoms with Crippen LogP contribution in [-0.2, 0) is 11.8 Å². The van der Waals surface area contributed by atoms with Gasteiger partial charge in [-0.05, 0) is 56.5 Å². The van der Waals surface area contributed by atoms with Gasteiger partial charge in [-0.25, -0.2) is 0 Å². The highest BCUT2D eigenvalue weighted by molar-refractivity contribution is 6.04. The fourth-order valence-electron chi connectivity index (χ4n) is 3.83. The van der Waals surface area contributed by atoms with Crippen LogP contribution in [0.1, 0.15) is 47.8 Å². The summed E-state index contributed by atoms with van der Waals surface area (Å²) in [6.07, 6.45) is 6.27. The third kappa shape index (κ3) is 4.06. The molecule has 6 heteroatoms. The number of aryl methyl sites for hydroxylation is 1. The van der Waals surface area contributed by atoms with Crippen molar-refractivity contribution in [3.05, 3.63) is 53.9 Å². The van der Waals surface area contributed by atoms with Gasteiger partial charge in [0, 0.05) is 25.0 Å². The van der Waals surface area contributed by atoms with E-state index >= 15 is 0 Å². The van der Waals surface area contributed by atoms with Crippen LogP contribution >= 0.6 is 0 Å². The first kappa shape index (κ1) is 17.8. The molecule has 4 rings (SSSR count). The van der Waals surface area contributed by atoms with Gasteiger partial charge in [0.05, 0.1) is 23.8 Å². The molecule has 27 heavy (non-hydrogen) atoms. The van der Waals surface area contributed by atoms with Crippen molar-refractivity contribution < 1.29 is 9.59 Å². The number of nitrogens with one attached hydrogen (secondary N) is 2. The Hall–Kier alpha value is -2.60.